The monoisotopic (exact) mass is 330 g/mol. The van der Waals surface area contributed by atoms with Crippen LogP contribution < -0.4 is 10.6 Å². The molecule has 0 radical (unpaired) electrons. The van der Waals surface area contributed by atoms with E-state index in [0.717, 1.165) is 25.8 Å². The Morgan fingerprint density at radius 2 is 2.09 bits per heavy atom. The van der Waals surface area contributed by atoms with Crippen LogP contribution in [0.4, 0.5) is 10.6 Å². The molecule has 0 atom stereocenters. The van der Waals surface area contributed by atoms with Gasteiger partial charge in [0.05, 0.1) is 11.9 Å². The summed E-state index contributed by atoms with van der Waals surface area (Å²) in [6.07, 6.45) is 4.36. The number of aryl methyl sites for hydroxylation is 1. The lowest BCUT2D eigenvalue weighted by molar-refractivity contribution is 0.252. The summed E-state index contributed by atoms with van der Waals surface area (Å²) in [5.74, 6) is 0.247. The standard InChI is InChI=1S/C12H22N6O3S/c1-2-6-17-10-11(15-16-17)14-12(19)13-5-9-22(20,21)18-7-3-4-8-18/h10H,2-9H2,1H3,(H2,13,14,19). The van der Waals surface area contributed by atoms with Crippen LogP contribution in [0.2, 0.25) is 0 Å². The molecule has 1 aromatic heterocycles. The van der Waals surface area contributed by atoms with Crippen LogP contribution in [0.5, 0.6) is 0 Å². The normalized spacial score (nSPS) is 15.9. The Kier molecular flexibility index (Phi) is 5.72. The van der Waals surface area contributed by atoms with Crippen molar-refractivity contribution in [1.82, 2.24) is 24.6 Å². The van der Waals surface area contributed by atoms with Crippen molar-refractivity contribution in [3.63, 3.8) is 0 Å². The molecule has 2 rings (SSSR count). The van der Waals surface area contributed by atoms with Crippen molar-refractivity contribution in [2.45, 2.75) is 32.7 Å². The third kappa shape index (κ3) is 4.67. The largest absolute Gasteiger partial charge is 0.337 e. The molecule has 124 valence electrons. The van der Waals surface area contributed by atoms with Gasteiger partial charge in [-0.2, -0.15) is 0 Å². The van der Waals surface area contributed by atoms with E-state index in [0.29, 0.717) is 18.9 Å². The van der Waals surface area contributed by atoms with Gasteiger partial charge < -0.3 is 5.32 Å². The Morgan fingerprint density at radius 1 is 1.36 bits per heavy atom. The van der Waals surface area contributed by atoms with Gasteiger partial charge in [-0.05, 0) is 19.3 Å². The van der Waals surface area contributed by atoms with E-state index in [1.165, 1.54) is 4.31 Å². The van der Waals surface area contributed by atoms with Crippen LogP contribution in [0.15, 0.2) is 6.20 Å². The summed E-state index contributed by atoms with van der Waals surface area (Å²) in [5, 5.41) is 12.7. The highest BCUT2D eigenvalue weighted by Gasteiger charge is 2.24. The minimum Gasteiger partial charge on any atom is -0.337 e. The maximum atomic E-state index is 12.0. The second-order valence-corrected chi connectivity index (χ2v) is 7.26. The first-order valence-corrected chi connectivity index (χ1v) is 9.05. The van der Waals surface area contributed by atoms with Gasteiger partial charge in [0, 0.05) is 26.2 Å². The van der Waals surface area contributed by atoms with Gasteiger partial charge in [0.1, 0.15) is 0 Å². The number of aromatic nitrogens is 3. The van der Waals surface area contributed by atoms with Gasteiger partial charge in [-0.1, -0.05) is 12.1 Å². The molecule has 0 bridgehead atoms. The number of nitrogens with one attached hydrogen (secondary N) is 2. The van der Waals surface area contributed by atoms with Crippen LogP contribution in [0.1, 0.15) is 26.2 Å². The molecule has 1 aliphatic rings. The van der Waals surface area contributed by atoms with E-state index in [1.807, 2.05) is 6.92 Å². The molecule has 1 aromatic rings. The van der Waals surface area contributed by atoms with Crippen molar-refractivity contribution in [3.8, 4) is 0 Å². The Morgan fingerprint density at radius 3 is 2.77 bits per heavy atom. The topological polar surface area (TPSA) is 109 Å². The average Bonchev–Trinajstić information content (AvgIpc) is 3.10. The summed E-state index contributed by atoms with van der Waals surface area (Å²) < 4.78 is 27.1. The lowest BCUT2D eigenvalue weighted by Gasteiger charge is -2.15. The van der Waals surface area contributed by atoms with Crippen molar-refractivity contribution in [1.29, 1.82) is 0 Å². The predicted molar refractivity (Wildman–Crippen MR) is 81.9 cm³/mol. The molecule has 0 aromatic carbocycles. The zero-order valence-electron chi connectivity index (χ0n) is 12.7. The number of nitrogens with zero attached hydrogens (tertiary/aromatic N) is 4. The number of amides is 2. The molecule has 0 spiro atoms. The first kappa shape index (κ1) is 16.7. The Labute approximate surface area is 130 Å². The second-order valence-electron chi connectivity index (χ2n) is 5.17. The summed E-state index contributed by atoms with van der Waals surface area (Å²) in [6.45, 7) is 3.96. The fraction of sp³-hybridized carbons (Fsp3) is 0.750. The van der Waals surface area contributed by atoms with Crippen LogP contribution >= 0.6 is 0 Å². The van der Waals surface area contributed by atoms with E-state index >= 15 is 0 Å². The molecule has 2 amide bonds. The quantitative estimate of drug-likeness (QED) is 0.744. The SMILES string of the molecule is CCCn1cc(NC(=O)NCCS(=O)(=O)N2CCCC2)nn1. The molecule has 1 saturated heterocycles. The highest BCUT2D eigenvalue weighted by molar-refractivity contribution is 7.89. The molecule has 0 aliphatic carbocycles. The van der Waals surface area contributed by atoms with Gasteiger partial charge in [0.25, 0.3) is 0 Å². The number of carbonyl (C=O) groups excluding carboxylic acids is 1. The Hall–Kier alpha value is -1.68. The number of hydrogen-bond acceptors (Lipinski definition) is 5. The molecule has 9 nitrogen and oxygen atoms in total. The van der Waals surface area contributed by atoms with Crippen molar-refractivity contribution in [2.24, 2.45) is 0 Å². The fourth-order valence-corrected chi connectivity index (χ4v) is 3.68. The molecule has 1 fully saturated rings. The van der Waals surface area contributed by atoms with E-state index < -0.39 is 16.1 Å². The van der Waals surface area contributed by atoms with E-state index in [4.69, 9.17) is 0 Å². The molecule has 2 heterocycles. The molecule has 22 heavy (non-hydrogen) atoms. The lowest BCUT2D eigenvalue weighted by atomic mass is 10.4. The predicted octanol–water partition coefficient (Wildman–Crippen LogP) is 0.235. The second kappa shape index (κ2) is 7.54. The first-order chi connectivity index (χ1) is 10.5. The maximum absolute atomic E-state index is 12.0. The van der Waals surface area contributed by atoms with Crippen molar-refractivity contribution in [3.05, 3.63) is 6.20 Å². The molecule has 1 aliphatic heterocycles. The van der Waals surface area contributed by atoms with Gasteiger partial charge in [0.15, 0.2) is 5.82 Å². The van der Waals surface area contributed by atoms with Gasteiger partial charge >= 0.3 is 6.03 Å². The van der Waals surface area contributed by atoms with Crippen molar-refractivity contribution >= 4 is 21.9 Å². The summed E-state index contributed by atoms with van der Waals surface area (Å²) in [7, 11) is -3.27. The smallest absolute Gasteiger partial charge is 0.320 e. The number of urea groups is 1. The zero-order valence-corrected chi connectivity index (χ0v) is 13.5. The number of rotatable bonds is 7. The van der Waals surface area contributed by atoms with Gasteiger partial charge in [-0.15, -0.1) is 5.10 Å². The summed E-state index contributed by atoms with van der Waals surface area (Å²) in [4.78, 5) is 11.7. The summed E-state index contributed by atoms with van der Waals surface area (Å²) in [5.41, 5.74) is 0. The van der Waals surface area contributed by atoms with Crippen LogP contribution in [0, 0.1) is 0 Å². The number of anilines is 1. The number of carbonyl (C=O) groups is 1. The number of sulfonamides is 1. The third-order valence-electron chi connectivity index (χ3n) is 3.34. The zero-order chi connectivity index (χ0) is 16.0. The van der Waals surface area contributed by atoms with Crippen LogP contribution in [0.25, 0.3) is 0 Å². The molecule has 10 heteroatoms. The minimum absolute atomic E-state index is 0.0633. The fourth-order valence-electron chi connectivity index (χ4n) is 2.24. The third-order valence-corrected chi connectivity index (χ3v) is 5.21. The van der Waals surface area contributed by atoms with E-state index in [-0.39, 0.29) is 12.3 Å². The molecule has 0 saturated carbocycles. The molecular formula is C12H22N6O3S. The molecular weight excluding hydrogens is 308 g/mol. The van der Waals surface area contributed by atoms with Crippen LogP contribution in [0.3, 0.4) is 0 Å². The van der Waals surface area contributed by atoms with E-state index in [2.05, 4.69) is 20.9 Å². The van der Waals surface area contributed by atoms with Crippen LogP contribution in [-0.4, -0.2) is 59.1 Å². The van der Waals surface area contributed by atoms with Gasteiger partial charge in [-0.25, -0.2) is 17.5 Å². The van der Waals surface area contributed by atoms with E-state index in [9.17, 15) is 13.2 Å². The maximum Gasteiger partial charge on any atom is 0.320 e. The molecule has 2 N–H and O–H groups in total. The highest BCUT2D eigenvalue weighted by Crippen LogP contribution is 2.12. The minimum atomic E-state index is -3.27. The van der Waals surface area contributed by atoms with Gasteiger partial charge in [0.2, 0.25) is 10.0 Å². The Balaban J connectivity index is 1.73. The summed E-state index contributed by atoms with van der Waals surface area (Å²) >= 11 is 0. The highest BCUT2D eigenvalue weighted by atomic mass is 32.2. The number of hydrogen-bond donors (Lipinski definition) is 2. The average molecular weight is 330 g/mol. The van der Waals surface area contributed by atoms with Gasteiger partial charge in [-0.3, -0.25) is 10.00 Å². The van der Waals surface area contributed by atoms with Crippen LogP contribution in [-0.2, 0) is 16.6 Å². The van der Waals surface area contributed by atoms with Crippen molar-refractivity contribution in [2.75, 3.05) is 30.7 Å². The van der Waals surface area contributed by atoms with E-state index in [1.54, 1.807) is 10.9 Å². The first-order valence-electron chi connectivity index (χ1n) is 7.44. The lowest BCUT2D eigenvalue weighted by Crippen LogP contribution is -2.37. The summed E-state index contributed by atoms with van der Waals surface area (Å²) in [6, 6.07) is -0.486. The van der Waals surface area contributed by atoms with Crippen molar-refractivity contribution < 1.29 is 13.2 Å². The Bertz CT molecular complexity index is 594. The molecule has 0 unspecified atom stereocenters.